The molecule has 0 spiro atoms. The van der Waals surface area contributed by atoms with Gasteiger partial charge in [-0.15, -0.1) is 0 Å². The van der Waals surface area contributed by atoms with Crippen LogP contribution in [-0.4, -0.2) is 45.2 Å². The predicted molar refractivity (Wildman–Crippen MR) is 118 cm³/mol. The first kappa shape index (κ1) is 19.0. The third-order valence-electron chi connectivity index (χ3n) is 6.31. The molecule has 1 atom stereocenters. The number of piperidine rings is 3. The predicted octanol–water partition coefficient (Wildman–Crippen LogP) is 3.54. The van der Waals surface area contributed by atoms with Gasteiger partial charge in [0.1, 0.15) is 5.60 Å². The largest absolute Gasteiger partial charge is 0.376 e. The van der Waals surface area contributed by atoms with E-state index in [0.717, 1.165) is 48.4 Å². The summed E-state index contributed by atoms with van der Waals surface area (Å²) in [5.41, 5.74) is 4.06. The number of benzene rings is 1. The SMILES string of the molecule is OC1(C#Cc2ccc(-c3ccncc3)nc2Cc2ccccc2)CN2CCC1CC2. The molecule has 2 bridgehead atoms. The molecule has 4 nitrogen and oxygen atoms in total. The third-order valence-corrected chi connectivity index (χ3v) is 6.31. The van der Waals surface area contributed by atoms with Crippen molar-refractivity contribution in [2.45, 2.75) is 24.9 Å². The fourth-order valence-electron chi connectivity index (χ4n) is 4.58. The fraction of sp³-hybridized carbons (Fsp3) is 0.308. The molecule has 3 aliphatic rings. The van der Waals surface area contributed by atoms with Crippen LogP contribution in [0.3, 0.4) is 0 Å². The second kappa shape index (κ2) is 8.02. The molecule has 0 amide bonds. The van der Waals surface area contributed by atoms with Gasteiger partial charge in [0.25, 0.3) is 0 Å². The highest BCUT2D eigenvalue weighted by molar-refractivity contribution is 5.60. The minimum absolute atomic E-state index is 0.275. The van der Waals surface area contributed by atoms with Gasteiger partial charge in [0.05, 0.1) is 11.4 Å². The summed E-state index contributed by atoms with van der Waals surface area (Å²) in [4.78, 5) is 11.4. The van der Waals surface area contributed by atoms with Crippen LogP contribution in [0.2, 0.25) is 0 Å². The summed E-state index contributed by atoms with van der Waals surface area (Å²) in [6.45, 7) is 2.81. The van der Waals surface area contributed by atoms with Gasteiger partial charge in [-0.3, -0.25) is 14.9 Å². The van der Waals surface area contributed by atoms with E-state index in [1.165, 1.54) is 5.56 Å². The topological polar surface area (TPSA) is 49.3 Å². The van der Waals surface area contributed by atoms with E-state index in [-0.39, 0.29) is 5.92 Å². The minimum Gasteiger partial charge on any atom is -0.376 e. The summed E-state index contributed by atoms with van der Waals surface area (Å²) in [6, 6.07) is 18.3. The van der Waals surface area contributed by atoms with Crippen LogP contribution in [0.5, 0.6) is 0 Å². The second-order valence-electron chi connectivity index (χ2n) is 8.31. The van der Waals surface area contributed by atoms with E-state index >= 15 is 0 Å². The minimum atomic E-state index is -0.912. The molecule has 1 N–H and O–H groups in total. The molecule has 0 radical (unpaired) electrons. The maximum absolute atomic E-state index is 11.2. The molecular weight excluding hydrogens is 370 g/mol. The first-order chi connectivity index (χ1) is 14.7. The molecule has 1 unspecified atom stereocenters. The standard InChI is InChI=1S/C26H25N3O/c30-26(19-29-16-11-23(26)12-17-29)13-8-21-6-7-24(22-9-14-27-15-10-22)28-25(21)18-20-4-2-1-3-5-20/h1-7,9-10,14-15,23,30H,11-12,16-19H2. The molecule has 0 saturated carbocycles. The van der Waals surface area contributed by atoms with Gasteiger partial charge in [-0.05, 0) is 55.8 Å². The summed E-state index contributed by atoms with van der Waals surface area (Å²) < 4.78 is 0. The lowest BCUT2D eigenvalue weighted by Gasteiger charge is -2.47. The van der Waals surface area contributed by atoms with Crippen molar-refractivity contribution in [3.05, 3.63) is 83.8 Å². The zero-order valence-electron chi connectivity index (χ0n) is 17.0. The second-order valence-corrected chi connectivity index (χ2v) is 8.31. The Morgan fingerprint density at radius 3 is 2.47 bits per heavy atom. The van der Waals surface area contributed by atoms with Crippen LogP contribution in [0.1, 0.15) is 29.7 Å². The van der Waals surface area contributed by atoms with E-state index < -0.39 is 5.60 Å². The number of aliphatic hydroxyl groups is 1. The number of hydrogen-bond donors (Lipinski definition) is 1. The molecule has 0 aliphatic carbocycles. The lowest BCUT2D eigenvalue weighted by Crippen LogP contribution is -2.58. The van der Waals surface area contributed by atoms with Crippen molar-refractivity contribution in [3.8, 4) is 23.1 Å². The lowest BCUT2D eigenvalue weighted by molar-refractivity contribution is -0.0713. The van der Waals surface area contributed by atoms with Crippen LogP contribution in [0.15, 0.2) is 67.0 Å². The Labute approximate surface area is 177 Å². The molecular formula is C26H25N3O. The van der Waals surface area contributed by atoms with Crippen molar-refractivity contribution in [2.75, 3.05) is 19.6 Å². The Balaban J connectivity index is 1.51. The number of pyridine rings is 2. The van der Waals surface area contributed by atoms with Crippen molar-refractivity contribution in [3.63, 3.8) is 0 Å². The number of rotatable bonds is 3. The van der Waals surface area contributed by atoms with Gasteiger partial charge in [0.15, 0.2) is 0 Å². The van der Waals surface area contributed by atoms with E-state index in [1.54, 1.807) is 12.4 Å². The first-order valence-corrected chi connectivity index (χ1v) is 10.6. The average Bonchev–Trinajstić information content (AvgIpc) is 2.80. The van der Waals surface area contributed by atoms with Crippen LogP contribution in [0, 0.1) is 17.8 Å². The highest BCUT2D eigenvalue weighted by atomic mass is 16.3. The van der Waals surface area contributed by atoms with E-state index in [2.05, 4.69) is 33.9 Å². The number of nitrogens with zero attached hydrogens (tertiary/aromatic N) is 3. The Bertz CT molecular complexity index is 1080. The molecule has 3 saturated heterocycles. The van der Waals surface area contributed by atoms with E-state index in [0.29, 0.717) is 13.0 Å². The lowest BCUT2D eigenvalue weighted by atomic mass is 9.75. The third kappa shape index (κ3) is 3.87. The van der Waals surface area contributed by atoms with Gasteiger partial charge in [-0.25, -0.2) is 0 Å². The molecule has 3 aromatic rings. The Morgan fingerprint density at radius 1 is 1.00 bits per heavy atom. The summed E-state index contributed by atoms with van der Waals surface area (Å²) in [5.74, 6) is 6.83. The highest BCUT2D eigenvalue weighted by Crippen LogP contribution is 2.35. The number of fused-ring (bicyclic) bond motifs is 3. The van der Waals surface area contributed by atoms with Crippen molar-refractivity contribution in [2.24, 2.45) is 5.92 Å². The maximum atomic E-state index is 11.2. The quantitative estimate of drug-likeness (QED) is 0.689. The van der Waals surface area contributed by atoms with Crippen LogP contribution < -0.4 is 0 Å². The van der Waals surface area contributed by atoms with Gasteiger partial charge >= 0.3 is 0 Å². The summed E-state index contributed by atoms with van der Waals surface area (Å²) in [7, 11) is 0. The Hall–Kier alpha value is -3.00. The molecule has 3 fully saturated rings. The van der Waals surface area contributed by atoms with Crippen molar-refractivity contribution >= 4 is 0 Å². The van der Waals surface area contributed by atoms with Crippen LogP contribution >= 0.6 is 0 Å². The molecule has 2 aromatic heterocycles. The average molecular weight is 396 g/mol. The Morgan fingerprint density at radius 2 is 1.77 bits per heavy atom. The Kier molecular flexibility index (Phi) is 5.08. The molecule has 6 rings (SSSR count). The van der Waals surface area contributed by atoms with E-state index in [1.807, 2.05) is 42.5 Å². The van der Waals surface area contributed by atoms with Crippen LogP contribution in [0.4, 0.5) is 0 Å². The molecule has 1 aromatic carbocycles. The summed E-state index contributed by atoms with van der Waals surface area (Å²) in [5, 5.41) is 11.2. The highest BCUT2D eigenvalue weighted by Gasteiger charge is 2.44. The van der Waals surface area contributed by atoms with Crippen LogP contribution in [0.25, 0.3) is 11.3 Å². The van der Waals surface area contributed by atoms with E-state index in [9.17, 15) is 5.11 Å². The zero-order chi connectivity index (χ0) is 20.4. The zero-order valence-corrected chi connectivity index (χ0v) is 17.0. The first-order valence-electron chi connectivity index (χ1n) is 10.6. The molecule has 30 heavy (non-hydrogen) atoms. The summed E-state index contributed by atoms with van der Waals surface area (Å²) in [6.07, 6.45) is 6.33. The van der Waals surface area contributed by atoms with Gasteiger partial charge in [-0.1, -0.05) is 42.2 Å². The molecule has 3 aliphatic heterocycles. The van der Waals surface area contributed by atoms with Gasteiger partial charge < -0.3 is 5.11 Å². The molecule has 150 valence electrons. The van der Waals surface area contributed by atoms with Gasteiger partial charge in [0, 0.05) is 42.4 Å². The van der Waals surface area contributed by atoms with Gasteiger partial charge in [0.2, 0.25) is 0 Å². The van der Waals surface area contributed by atoms with Gasteiger partial charge in [-0.2, -0.15) is 0 Å². The number of aromatic nitrogens is 2. The van der Waals surface area contributed by atoms with Crippen molar-refractivity contribution in [1.29, 1.82) is 0 Å². The normalized spacial score (nSPS) is 24.8. The molecule has 5 heterocycles. The van der Waals surface area contributed by atoms with Crippen molar-refractivity contribution < 1.29 is 5.11 Å². The smallest absolute Gasteiger partial charge is 0.141 e. The van der Waals surface area contributed by atoms with Crippen LogP contribution in [-0.2, 0) is 6.42 Å². The monoisotopic (exact) mass is 395 g/mol. The van der Waals surface area contributed by atoms with E-state index in [4.69, 9.17) is 4.98 Å². The van der Waals surface area contributed by atoms with Crippen molar-refractivity contribution in [1.82, 2.24) is 14.9 Å². The summed E-state index contributed by atoms with van der Waals surface area (Å²) >= 11 is 0. The maximum Gasteiger partial charge on any atom is 0.141 e. The number of hydrogen-bond acceptors (Lipinski definition) is 4. The molecule has 4 heteroatoms. The fourth-order valence-corrected chi connectivity index (χ4v) is 4.58.